The molecule has 0 fully saturated rings. The highest BCUT2D eigenvalue weighted by atomic mass is 79.9. The van der Waals surface area contributed by atoms with Gasteiger partial charge in [0.15, 0.2) is 0 Å². The average molecular weight is 325 g/mol. The zero-order chi connectivity index (χ0) is 13.3. The molecule has 3 N–H and O–H groups in total. The molecule has 18 heavy (non-hydrogen) atoms. The second-order valence-corrected chi connectivity index (χ2v) is 5.87. The molecular weight excluding hydrogens is 312 g/mol. The van der Waals surface area contributed by atoms with Gasteiger partial charge in [0.2, 0.25) is 0 Å². The van der Waals surface area contributed by atoms with Gasteiger partial charge in [0.25, 0.3) is 5.91 Å². The topological polar surface area (TPSA) is 55.1 Å². The first kappa shape index (κ1) is 13.1. The number of rotatable bonds is 2. The molecule has 0 aliphatic heterocycles. The second kappa shape index (κ2) is 5.12. The van der Waals surface area contributed by atoms with Crippen molar-refractivity contribution in [2.24, 2.45) is 0 Å². The molecule has 0 saturated carbocycles. The summed E-state index contributed by atoms with van der Waals surface area (Å²) >= 11 is 4.84. The third kappa shape index (κ3) is 2.57. The van der Waals surface area contributed by atoms with Gasteiger partial charge in [0, 0.05) is 4.47 Å². The van der Waals surface area contributed by atoms with Crippen LogP contribution in [0.3, 0.4) is 0 Å². The third-order valence-electron chi connectivity index (χ3n) is 2.57. The number of nitrogen functional groups attached to an aromatic ring is 1. The van der Waals surface area contributed by atoms with Crippen LogP contribution in [0.2, 0.25) is 0 Å². The summed E-state index contributed by atoms with van der Waals surface area (Å²) in [7, 11) is 0. The van der Waals surface area contributed by atoms with E-state index in [0.717, 1.165) is 15.6 Å². The maximum atomic E-state index is 12.1. The number of nitrogens with one attached hydrogen (secondary N) is 1. The van der Waals surface area contributed by atoms with Gasteiger partial charge in [-0.1, -0.05) is 0 Å². The molecule has 0 unspecified atom stereocenters. The SMILES string of the molecule is Cc1cc(N)c(NC(=O)c2sccc2C)c(Br)c1. The number of hydrogen-bond donors (Lipinski definition) is 2. The minimum absolute atomic E-state index is 0.126. The maximum Gasteiger partial charge on any atom is 0.266 e. The Labute approximate surface area is 118 Å². The van der Waals surface area contributed by atoms with E-state index < -0.39 is 0 Å². The fourth-order valence-electron chi connectivity index (χ4n) is 1.68. The lowest BCUT2D eigenvalue weighted by molar-refractivity contribution is 0.103. The molecule has 1 aromatic carbocycles. The molecule has 0 bridgehead atoms. The Morgan fingerprint density at radius 3 is 2.67 bits per heavy atom. The first-order valence-electron chi connectivity index (χ1n) is 5.40. The number of aryl methyl sites for hydroxylation is 2. The first-order valence-corrected chi connectivity index (χ1v) is 7.07. The van der Waals surface area contributed by atoms with Crippen LogP contribution in [-0.2, 0) is 0 Å². The van der Waals surface area contributed by atoms with Crippen LogP contribution in [0.5, 0.6) is 0 Å². The van der Waals surface area contributed by atoms with E-state index in [1.807, 2.05) is 37.4 Å². The lowest BCUT2D eigenvalue weighted by Gasteiger charge is -2.11. The van der Waals surface area contributed by atoms with E-state index in [2.05, 4.69) is 21.2 Å². The summed E-state index contributed by atoms with van der Waals surface area (Å²) in [6.45, 7) is 3.87. The van der Waals surface area contributed by atoms with E-state index in [0.29, 0.717) is 16.3 Å². The van der Waals surface area contributed by atoms with Crippen LogP contribution in [0.25, 0.3) is 0 Å². The molecule has 0 saturated heterocycles. The summed E-state index contributed by atoms with van der Waals surface area (Å²) in [6.07, 6.45) is 0. The smallest absolute Gasteiger partial charge is 0.266 e. The van der Waals surface area contributed by atoms with Gasteiger partial charge in [-0.2, -0.15) is 0 Å². The molecule has 94 valence electrons. The molecule has 5 heteroatoms. The van der Waals surface area contributed by atoms with Crippen molar-refractivity contribution < 1.29 is 4.79 Å². The molecule has 2 aromatic rings. The Morgan fingerprint density at radius 1 is 1.39 bits per heavy atom. The second-order valence-electron chi connectivity index (χ2n) is 4.10. The van der Waals surface area contributed by atoms with Gasteiger partial charge >= 0.3 is 0 Å². The van der Waals surface area contributed by atoms with Crippen molar-refractivity contribution in [3.8, 4) is 0 Å². The number of benzene rings is 1. The number of hydrogen-bond acceptors (Lipinski definition) is 3. The molecule has 0 radical (unpaired) electrons. The van der Waals surface area contributed by atoms with Crippen LogP contribution in [0.1, 0.15) is 20.8 Å². The normalized spacial score (nSPS) is 10.4. The summed E-state index contributed by atoms with van der Waals surface area (Å²) < 4.78 is 0.794. The van der Waals surface area contributed by atoms with Crippen molar-refractivity contribution in [2.75, 3.05) is 11.1 Å². The van der Waals surface area contributed by atoms with Crippen LogP contribution in [-0.4, -0.2) is 5.91 Å². The van der Waals surface area contributed by atoms with Crippen molar-refractivity contribution in [3.63, 3.8) is 0 Å². The Balaban J connectivity index is 2.31. The molecule has 1 amide bonds. The molecular formula is C13H13BrN2OS. The van der Waals surface area contributed by atoms with Crippen molar-refractivity contribution in [1.29, 1.82) is 0 Å². The van der Waals surface area contributed by atoms with Gasteiger partial charge in [-0.05, 0) is 64.5 Å². The van der Waals surface area contributed by atoms with Crippen LogP contribution in [0, 0.1) is 13.8 Å². The molecule has 0 spiro atoms. The summed E-state index contributed by atoms with van der Waals surface area (Å²) in [6, 6.07) is 5.68. The predicted molar refractivity (Wildman–Crippen MR) is 80.3 cm³/mol. The van der Waals surface area contributed by atoms with Crippen LogP contribution in [0.15, 0.2) is 28.1 Å². The summed E-state index contributed by atoms with van der Waals surface area (Å²) in [5.41, 5.74) is 9.12. The quantitative estimate of drug-likeness (QED) is 0.821. The fourth-order valence-corrected chi connectivity index (χ4v) is 3.19. The number of carbonyl (C=O) groups excluding carboxylic acids is 1. The van der Waals surface area contributed by atoms with E-state index >= 15 is 0 Å². The number of thiophene rings is 1. The summed E-state index contributed by atoms with van der Waals surface area (Å²) in [5, 5.41) is 4.75. The van der Waals surface area contributed by atoms with Gasteiger partial charge in [-0.25, -0.2) is 0 Å². The van der Waals surface area contributed by atoms with Gasteiger partial charge in [0.05, 0.1) is 16.3 Å². The average Bonchev–Trinajstić information content (AvgIpc) is 2.69. The number of amides is 1. The van der Waals surface area contributed by atoms with E-state index in [-0.39, 0.29) is 5.91 Å². The molecule has 0 aliphatic rings. The third-order valence-corrected chi connectivity index (χ3v) is 4.21. The monoisotopic (exact) mass is 324 g/mol. The number of carbonyl (C=O) groups is 1. The Morgan fingerprint density at radius 2 is 2.11 bits per heavy atom. The molecule has 2 rings (SSSR count). The lowest BCUT2D eigenvalue weighted by atomic mass is 10.2. The zero-order valence-corrected chi connectivity index (χ0v) is 12.5. The summed E-state index contributed by atoms with van der Waals surface area (Å²) in [4.78, 5) is 12.8. The Hall–Kier alpha value is -1.33. The van der Waals surface area contributed by atoms with Crippen molar-refractivity contribution >= 4 is 44.5 Å². The van der Waals surface area contributed by atoms with Crippen molar-refractivity contribution in [3.05, 3.63) is 44.1 Å². The molecule has 0 aliphatic carbocycles. The van der Waals surface area contributed by atoms with Gasteiger partial charge in [0.1, 0.15) is 0 Å². The van der Waals surface area contributed by atoms with Crippen LogP contribution >= 0.6 is 27.3 Å². The minimum atomic E-state index is -0.126. The zero-order valence-electron chi connectivity index (χ0n) is 10.1. The highest BCUT2D eigenvalue weighted by molar-refractivity contribution is 9.10. The van der Waals surface area contributed by atoms with Gasteiger partial charge < -0.3 is 11.1 Å². The molecule has 0 atom stereocenters. The fraction of sp³-hybridized carbons (Fsp3) is 0.154. The van der Waals surface area contributed by atoms with Gasteiger partial charge in [-0.15, -0.1) is 11.3 Å². The summed E-state index contributed by atoms with van der Waals surface area (Å²) in [5.74, 6) is -0.126. The van der Waals surface area contributed by atoms with E-state index in [1.54, 1.807) is 0 Å². The van der Waals surface area contributed by atoms with Crippen LogP contribution in [0.4, 0.5) is 11.4 Å². The van der Waals surface area contributed by atoms with Crippen LogP contribution < -0.4 is 11.1 Å². The molecule has 1 heterocycles. The van der Waals surface area contributed by atoms with E-state index in [9.17, 15) is 4.79 Å². The molecule has 3 nitrogen and oxygen atoms in total. The number of nitrogens with two attached hydrogens (primary N) is 1. The van der Waals surface area contributed by atoms with Crippen molar-refractivity contribution in [1.82, 2.24) is 0 Å². The van der Waals surface area contributed by atoms with Crippen molar-refractivity contribution in [2.45, 2.75) is 13.8 Å². The Kier molecular flexibility index (Phi) is 3.73. The number of anilines is 2. The lowest BCUT2D eigenvalue weighted by Crippen LogP contribution is -2.13. The first-order chi connectivity index (χ1) is 8.49. The maximum absolute atomic E-state index is 12.1. The van der Waals surface area contributed by atoms with E-state index in [4.69, 9.17) is 5.73 Å². The van der Waals surface area contributed by atoms with Gasteiger partial charge in [-0.3, -0.25) is 4.79 Å². The van der Waals surface area contributed by atoms with E-state index in [1.165, 1.54) is 11.3 Å². The highest BCUT2D eigenvalue weighted by Crippen LogP contribution is 2.31. The number of halogens is 1. The Bertz CT molecular complexity index is 584. The molecule has 1 aromatic heterocycles. The minimum Gasteiger partial charge on any atom is -0.397 e. The standard InChI is InChI=1S/C13H13BrN2OS/c1-7-5-9(14)11(10(15)6-7)16-13(17)12-8(2)3-4-18-12/h3-6H,15H2,1-2H3,(H,16,17). The highest BCUT2D eigenvalue weighted by Gasteiger charge is 2.14. The largest absolute Gasteiger partial charge is 0.397 e. The predicted octanol–water partition coefficient (Wildman–Crippen LogP) is 3.96.